The van der Waals surface area contributed by atoms with Gasteiger partial charge in [-0.15, -0.1) is 0 Å². The maximum Gasteiger partial charge on any atom is 0.117 e. The number of hydrogen-bond donors (Lipinski definition) is 1. The summed E-state index contributed by atoms with van der Waals surface area (Å²) in [6.45, 7) is 8.65. The first-order valence-corrected chi connectivity index (χ1v) is 4.93. The minimum Gasteiger partial charge on any atom is -0.468 e. The van der Waals surface area contributed by atoms with Crippen LogP contribution in [0, 0.1) is 11.8 Å². The first kappa shape index (κ1) is 10.3. The SMILES string of the molecule is CC(C)C(C)CNCc1ccco1. The standard InChI is InChI=1S/C11H19NO/c1-9(2)10(3)7-12-8-11-5-4-6-13-11/h4-6,9-10,12H,7-8H2,1-3H3. The van der Waals surface area contributed by atoms with Crippen molar-refractivity contribution in [3.8, 4) is 0 Å². The first-order chi connectivity index (χ1) is 6.20. The van der Waals surface area contributed by atoms with E-state index in [9.17, 15) is 0 Å². The molecule has 0 spiro atoms. The second kappa shape index (κ2) is 5.07. The number of rotatable bonds is 5. The summed E-state index contributed by atoms with van der Waals surface area (Å²) in [6, 6.07) is 3.91. The fourth-order valence-electron chi connectivity index (χ4n) is 1.07. The van der Waals surface area contributed by atoms with Gasteiger partial charge in [-0.2, -0.15) is 0 Å². The van der Waals surface area contributed by atoms with Gasteiger partial charge in [0.05, 0.1) is 12.8 Å². The zero-order valence-electron chi connectivity index (χ0n) is 8.71. The molecule has 1 N–H and O–H groups in total. The average Bonchev–Trinajstić information content (AvgIpc) is 2.56. The Kier molecular flexibility index (Phi) is 4.03. The van der Waals surface area contributed by atoms with Gasteiger partial charge in [0.1, 0.15) is 5.76 Å². The van der Waals surface area contributed by atoms with Crippen LogP contribution < -0.4 is 5.32 Å². The lowest BCUT2D eigenvalue weighted by Crippen LogP contribution is -2.23. The molecule has 0 aliphatic heterocycles. The Morgan fingerprint density at radius 2 is 2.15 bits per heavy atom. The van der Waals surface area contributed by atoms with E-state index < -0.39 is 0 Å². The molecule has 1 rings (SSSR count). The molecule has 1 heterocycles. The fraction of sp³-hybridized carbons (Fsp3) is 0.636. The average molecular weight is 181 g/mol. The van der Waals surface area contributed by atoms with Gasteiger partial charge in [-0.1, -0.05) is 20.8 Å². The molecule has 1 unspecified atom stereocenters. The van der Waals surface area contributed by atoms with E-state index in [1.54, 1.807) is 6.26 Å². The molecule has 0 aliphatic rings. The molecule has 0 aliphatic carbocycles. The number of furan rings is 1. The van der Waals surface area contributed by atoms with E-state index in [0.717, 1.165) is 30.7 Å². The Hall–Kier alpha value is -0.760. The van der Waals surface area contributed by atoms with Crippen LogP contribution in [0.15, 0.2) is 22.8 Å². The molecule has 2 heteroatoms. The van der Waals surface area contributed by atoms with Crippen LogP contribution in [0.1, 0.15) is 26.5 Å². The van der Waals surface area contributed by atoms with Gasteiger partial charge in [-0.25, -0.2) is 0 Å². The van der Waals surface area contributed by atoms with Crippen molar-refractivity contribution in [1.82, 2.24) is 5.32 Å². The van der Waals surface area contributed by atoms with Crippen molar-refractivity contribution in [2.75, 3.05) is 6.54 Å². The van der Waals surface area contributed by atoms with Crippen molar-refractivity contribution >= 4 is 0 Å². The highest BCUT2D eigenvalue weighted by Crippen LogP contribution is 2.08. The van der Waals surface area contributed by atoms with Crippen LogP contribution in [0.2, 0.25) is 0 Å². The van der Waals surface area contributed by atoms with E-state index in [1.165, 1.54) is 0 Å². The normalized spacial score (nSPS) is 13.5. The van der Waals surface area contributed by atoms with Gasteiger partial charge in [-0.3, -0.25) is 0 Å². The van der Waals surface area contributed by atoms with E-state index in [-0.39, 0.29) is 0 Å². The number of nitrogens with one attached hydrogen (secondary N) is 1. The van der Waals surface area contributed by atoms with Gasteiger partial charge >= 0.3 is 0 Å². The van der Waals surface area contributed by atoms with E-state index >= 15 is 0 Å². The zero-order chi connectivity index (χ0) is 9.68. The van der Waals surface area contributed by atoms with Crippen molar-refractivity contribution in [2.24, 2.45) is 11.8 Å². The highest BCUT2D eigenvalue weighted by molar-refractivity contribution is 4.97. The summed E-state index contributed by atoms with van der Waals surface area (Å²) in [7, 11) is 0. The molecule has 0 radical (unpaired) electrons. The predicted octanol–water partition coefficient (Wildman–Crippen LogP) is 2.66. The van der Waals surface area contributed by atoms with Crippen LogP contribution in [0.4, 0.5) is 0 Å². The third-order valence-electron chi connectivity index (χ3n) is 2.48. The van der Waals surface area contributed by atoms with Gasteiger partial charge < -0.3 is 9.73 Å². The third kappa shape index (κ3) is 3.64. The molecule has 13 heavy (non-hydrogen) atoms. The summed E-state index contributed by atoms with van der Waals surface area (Å²) < 4.78 is 5.21. The van der Waals surface area contributed by atoms with Crippen LogP contribution in [0.3, 0.4) is 0 Å². The Labute approximate surface area is 80.3 Å². The fourth-order valence-corrected chi connectivity index (χ4v) is 1.07. The maximum absolute atomic E-state index is 5.21. The number of hydrogen-bond acceptors (Lipinski definition) is 2. The Morgan fingerprint density at radius 3 is 2.69 bits per heavy atom. The smallest absolute Gasteiger partial charge is 0.117 e. The van der Waals surface area contributed by atoms with Crippen molar-refractivity contribution in [2.45, 2.75) is 27.3 Å². The summed E-state index contributed by atoms with van der Waals surface area (Å²) in [5, 5.41) is 3.38. The minimum absolute atomic E-state index is 0.718. The molecule has 2 nitrogen and oxygen atoms in total. The minimum atomic E-state index is 0.718. The highest BCUT2D eigenvalue weighted by atomic mass is 16.3. The molecule has 1 aromatic heterocycles. The van der Waals surface area contributed by atoms with Crippen molar-refractivity contribution in [3.63, 3.8) is 0 Å². The summed E-state index contributed by atoms with van der Waals surface area (Å²) in [6.07, 6.45) is 1.71. The third-order valence-corrected chi connectivity index (χ3v) is 2.48. The van der Waals surface area contributed by atoms with E-state index in [4.69, 9.17) is 4.42 Å². The largest absolute Gasteiger partial charge is 0.468 e. The van der Waals surface area contributed by atoms with Gasteiger partial charge in [0.25, 0.3) is 0 Å². The van der Waals surface area contributed by atoms with Crippen LogP contribution in [-0.2, 0) is 6.54 Å². The summed E-state index contributed by atoms with van der Waals surface area (Å²) in [4.78, 5) is 0. The molecule has 74 valence electrons. The summed E-state index contributed by atoms with van der Waals surface area (Å²) in [5.41, 5.74) is 0. The van der Waals surface area contributed by atoms with Crippen LogP contribution in [0.5, 0.6) is 0 Å². The molecule has 0 saturated heterocycles. The molecule has 0 aromatic carbocycles. The quantitative estimate of drug-likeness (QED) is 0.755. The van der Waals surface area contributed by atoms with Crippen LogP contribution in [0.25, 0.3) is 0 Å². The van der Waals surface area contributed by atoms with Gasteiger partial charge in [-0.05, 0) is 30.5 Å². The summed E-state index contributed by atoms with van der Waals surface area (Å²) >= 11 is 0. The topological polar surface area (TPSA) is 25.2 Å². The van der Waals surface area contributed by atoms with E-state index in [1.807, 2.05) is 12.1 Å². The van der Waals surface area contributed by atoms with Gasteiger partial charge in [0, 0.05) is 0 Å². The predicted molar refractivity (Wildman–Crippen MR) is 54.4 cm³/mol. The Morgan fingerprint density at radius 1 is 1.38 bits per heavy atom. The van der Waals surface area contributed by atoms with Crippen LogP contribution in [-0.4, -0.2) is 6.54 Å². The van der Waals surface area contributed by atoms with Crippen molar-refractivity contribution in [3.05, 3.63) is 24.2 Å². The molecule has 0 saturated carbocycles. The zero-order valence-corrected chi connectivity index (χ0v) is 8.71. The van der Waals surface area contributed by atoms with E-state index in [0.29, 0.717) is 0 Å². The second-order valence-corrected chi connectivity index (χ2v) is 3.93. The highest BCUT2D eigenvalue weighted by Gasteiger charge is 2.05. The Balaban J connectivity index is 2.14. The molecule has 0 fully saturated rings. The lowest BCUT2D eigenvalue weighted by atomic mass is 9.98. The molecular formula is C11H19NO. The lowest BCUT2D eigenvalue weighted by molar-refractivity contribution is 0.380. The molecule has 1 atom stereocenters. The molecule has 1 aromatic rings. The second-order valence-electron chi connectivity index (χ2n) is 3.93. The monoisotopic (exact) mass is 181 g/mol. The van der Waals surface area contributed by atoms with E-state index in [2.05, 4.69) is 26.1 Å². The van der Waals surface area contributed by atoms with Crippen LogP contribution >= 0.6 is 0 Å². The lowest BCUT2D eigenvalue weighted by Gasteiger charge is -2.15. The van der Waals surface area contributed by atoms with Crippen molar-refractivity contribution in [1.29, 1.82) is 0 Å². The first-order valence-electron chi connectivity index (χ1n) is 4.93. The van der Waals surface area contributed by atoms with Gasteiger partial charge in [0.15, 0.2) is 0 Å². The Bertz CT molecular complexity index is 216. The molecule has 0 bridgehead atoms. The van der Waals surface area contributed by atoms with Gasteiger partial charge in [0.2, 0.25) is 0 Å². The maximum atomic E-state index is 5.21. The summed E-state index contributed by atoms with van der Waals surface area (Å²) in [5.74, 6) is 2.47. The molecular weight excluding hydrogens is 162 g/mol. The van der Waals surface area contributed by atoms with Crippen molar-refractivity contribution < 1.29 is 4.42 Å². The molecule has 0 amide bonds.